The lowest BCUT2D eigenvalue weighted by atomic mass is 10.2. The molecule has 4 rings (SSSR count). The number of pyridine rings is 2. The number of benzene rings is 1. The number of fused-ring (bicyclic) bond motifs is 1. The van der Waals surface area contributed by atoms with Crippen LogP contribution in [0.25, 0.3) is 21.5 Å². The standard InChI is InChI=1S/C17H12N4OS/c18-17-21-14-4-3-12(9-16(14)23-17)22-13-5-7-20-15(8-13)11-2-1-6-19-10-11/h1-10H,(H2,18,21). The van der Waals surface area contributed by atoms with Crippen molar-refractivity contribution in [3.8, 4) is 22.8 Å². The third-order valence-electron chi connectivity index (χ3n) is 3.30. The summed E-state index contributed by atoms with van der Waals surface area (Å²) in [6, 6.07) is 13.3. The van der Waals surface area contributed by atoms with E-state index in [0.29, 0.717) is 5.13 Å². The van der Waals surface area contributed by atoms with E-state index in [1.165, 1.54) is 11.3 Å². The highest BCUT2D eigenvalue weighted by Gasteiger charge is 2.06. The summed E-state index contributed by atoms with van der Waals surface area (Å²) >= 11 is 1.44. The molecule has 0 unspecified atom stereocenters. The van der Waals surface area contributed by atoms with Gasteiger partial charge >= 0.3 is 0 Å². The predicted octanol–water partition coefficient (Wildman–Crippen LogP) is 4.13. The molecule has 5 nitrogen and oxygen atoms in total. The van der Waals surface area contributed by atoms with Gasteiger partial charge in [0, 0.05) is 36.3 Å². The van der Waals surface area contributed by atoms with Gasteiger partial charge in [0.25, 0.3) is 0 Å². The maximum atomic E-state index is 5.94. The van der Waals surface area contributed by atoms with Gasteiger partial charge in [-0.15, -0.1) is 0 Å². The van der Waals surface area contributed by atoms with Crippen LogP contribution >= 0.6 is 11.3 Å². The Morgan fingerprint density at radius 1 is 1.00 bits per heavy atom. The molecule has 0 amide bonds. The average molecular weight is 320 g/mol. The highest BCUT2D eigenvalue weighted by atomic mass is 32.1. The molecule has 23 heavy (non-hydrogen) atoms. The number of hydrogen-bond acceptors (Lipinski definition) is 6. The van der Waals surface area contributed by atoms with Crippen molar-refractivity contribution >= 4 is 26.7 Å². The van der Waals surface area contributed by atoms with Crippen LogP contribution in [0, 0.1) is 0 Å². The minimum absolute atomic E-state index is 0.555. The van der Waals surface area contributed by atoms with Gasteiger partial charge in [-0.2, -0.15) is 0 Å². The van der Waals surface area contributed by atoms with Crippen LogP contribution in [-0.4, -0.2) is 15.0 Å². The third-order valence-corrected chi connectivity index (χ3v) is 4.15. The first kappa shape index (κ1) is 13.7. The minimum Gasteiger partial charge on any atom is -0.457 e. The number of ether oxygens (including phenoxy) is 1. The second-order valence-electron chi connectivity index (χ2n) is 4.90. The van der Waals surface area contributed by atoms with Gasteiger partial charge in [-0.25, -0.2) is 4.98 Å². The summed E-state index contributed by atoms with van der Waals surface area (Å²) in [6.45, 7) is 0. The quantitative estimate of drug-likeness (QED) is 0.614. The van der Waals surface area contributed by atoms with Crippen LogP contribution in [-0.2, 0) is 0 Å². The zero-order valence-corrected chi connectivity index (χ0v) is 12.8. The Morgan fingerprint density at radius 3 is 2.78 bits per heavy atom. The van der Waals surface area contributed by atoms with Crippen LogP contribution in [0.2, 0.25) is 0 Å². The van der Waals surface area contributed by atoms with E-state index in [0.717, 1.165) is 33.0 Å². The molecule has 0 spiro atoms. The van der Waals surface area contributed by atoms with Gasteiger partial charge in [-0.3, -0.25) is 9.97 Å². The molecule has 1 aromatic carbocycles. The monoisotopic (exact) mass is 320 g/mol. The summed E-state index contributed by atoms with van der Waals surface area (Å²) in [5, 5.41) is 0.555. The van der Waals surface area contributed by atoms with Crippen LogP contribution in [0.3, 0.4) is 0 Å². The second kappa shape index (κ2) is 5.66. The van der Waals surface area contributed by atoms with Crippen molar-refractivity contribution in [3.05, 3.63) is 61.1 Å². The average Bonchev–Trinajstić information content (AvgIpc) is 2.95. The maximum absolute atomic E-state index is 5.94. The van der Waals surface area contributed by atoms with Crippen molar-refractivity contribution in [2.75, 3.05) is 5.73 Å². The van der Waals surface area contributed by atoms with Crippen molar-refractivity contribution in [1.82, 2.24) is 15.0 Å². The van der Waals surface area contributed by atoms with E-state index in [2.05, 4.69) is 15.0 Å². The fraction of sp³-hybridized carbons (Fsp3) is 0. The molecule has 3 aromatic heterocycles. The Bertz CT molecular complexity index is 969. The first-order chi connectivity index (χ1) is 11.3. The lowest BCUT2D eigenvalue weighted by molar-refractivity contribution is 0.483. The number of nitrogens with zero attached hydrogens (tertiary/aromatic N) is 3. The predicted molar refractivity (Wildman–Crippen MR) is 91.6 cm³/mol. The first-order valence-corrected chi connectivity index (χ1v) is 7.80. The fourth-order valence-electron chi connectivity index (χ4n) is 2.27. The maximum Gasteiger partial charge on any atom is 0.181 e. The molecule has 0 atom stereocenters. The van der Waals surface area contributed by atoms with Crippen molar-refractivity contribution in [3.63, 3.8) is 0 Å². The van der Waals surface area contributed by atoms with E-state index in [4.69, 9.17) is 10.5 Å². The lowest BCUT2D eigenvalue weighted by Gasteiger charge is -2.07. The largest absolute Gasteiger partial charge is 0.457 e. The number of hydrogen-bond donors (Lipinski definition) is 1. The van der Waals surface area contributed by atoms with Gasteiger partial charge in [0.15, 0.2) is 5.13 Å². The molecule has 4 aromatic rings. The molecule has 0 saturated heterocycles. The van der Waals surface area contributed by atoms with Crippen molar-refractivity contribution in [2.45, 2.75) is 0 Å². The number of thiazole rings is 1. The summed E-state index contributed by atoms with van der Waals surface area (Å²) in [6.07, 6.45) is 5.24. The first-order valence-electron chi connectivity index (χ1n) is 6.98. The SMILES string of the molecule is Nc1nc2ccc(Oc3ccnc(-c4cccnc4)c3)cc2s1. The van der Waals surface area contributed by atoms with Crippen LogP contribution in [0.5, 0.6) is 11.5 Å². The zero-order chi connectivity index (χ0) is 15.6. The zero-order valence-electron chi connectivity index (χ0n) is 12.0. The van der Waals surface area contributed by atoms with Crippen LogP contribution in [0.4, 0.5) is 5.13 Å². The van der Waals surface area contributed by atoms with E-state index >= 15 is 0 Å². The summed E-state index contributed by atoms with van der Waals surface area (Å²) in [5.41, 5.74) is 8.38. The molecular weight excluding hydrogens is 308 g/mol. The molecule has 3 heterocycles. The molecule has 2 N–H and O–H groups in total. The number of rotatable bonds is 3. The molecule has 0 aliphatic rings. The molecule has 0 radical (unpaired) electrons. The van der Waals surface area contributed by atoms with E-state index in [9.17, 15) is 0 Å². The van der Waals surface area contributed by atoms with E-state index in [1.807, 2.05) is 42.5 Å². The van der Waals surface area contributed by atoms with Gasteiger partial charge in [0.2, 0.25) is 0 Å². The minimum atomic E-state index is 0.555. The number of anilines is 1. The molecule has 0 saturated carbocycles. The highest BCUT2D eigenvalue weighted by Crippen LogP contribution is 2.30. The van der Waals surface area contributed by atoms with Crippen LogP contribution < -0.4 is 10.5 Å². The van der Waals surface area contributed by atoms with E-state index < -0.39 is 0 Å². The van der Waals surface area contributed by atoms with Crippen LogP contribution in [0.15, 0.2) is 61.1 Å². The van der Waals surface area contributed by atoms with E-state index in [1.54, 1.807) is 18.6 Å². The molecule has 0 bridgehead atoms. The molecule has 112 valence electrons. The van der Waals surface area contributed by atoms with Gasteiger partial charge in [-0.1, -0.05) is 11.3 Å². The normalized spacial score (nSPS) is 10.8. The Kier molecular flexibility index (Phi) is 3.36. The molecule has 0 fully saturated rings. The van der Waals surface area contributed by atoms with Crippen molar-refractivity contribution < 1.29 is 4.74 Å². The number of nitrogen functional groups attached to an aromatic ring is 1. The van der Waals surface area contributed by atoms with Crippen molar-refractivity contribution in [2.24, 2.45) is 0 Å². The van der Waals surface area contributed by atoms with Gasteiger partial charge in [0.05, 0.1) is 15.9 Å². The van der Waals surface area contributed by atoms with Gasteiger partial charge in [-0.05, 0) is 30.3 Å². The topological polar surface area (TPSA) is 73.9 Å². The smallest absolute Gasteiger partial charge is 0.181 e. The fourth-order valence-corrected chi connectivity index (χ4v) is 3.03. The van der Waals surface area contributed by atoms with Crippen molar-refractivity contribution in [1.29, 1.82) is 0 Å². The highest BCUT2D eigenvalue weighted by molar-refractivity contribution is 7.22. The lowest BCUT2D eigenvalue weighted by Crippen LogP contribution is -1.88. The Labute approximate surface area is 136 Å². The molecule has 0 aliphatic carbocycles. The summed E-state index contributed by atoms with van der Waals surface area (Å²) < 4.78 is 6.94. The third kappa shape index (κ3) is 2.84. The summed E-state index contributed by atoms with van der Waals surface area (Å²) in [4.78, 5) is 12.7. The summed E-state index contributed by atoms with van der Waals surface area (Å²) in [5.74, 6) is 1.46. The number of aromatic nitrogens is 3. The van der Waals surface area contributed by atoms with Gasteiger partial charge in [0.1, 0.15) is 11.5 Å². The van der Waals surface area contributed by atoms with Crippen LogP contribution in [0.1, 0.15) is 0 Å². The van der Waals surface area contributed by atoms with Gasteiger partial charge < -0.3 is 10.5 Å². The Hall–Kier alpha value is -2.99. The number of nitrogens with two attached hydrogens (primary N) is 1. The molecular formula is C17H12N4OS. The van der Waals surface area contributed by atoms with E-state index in [-0.39, 0.29) is 0 Å². The Morgan fingerprint density at radius 2 is 1.91 bits per heavy atom. The molecule has 0 aliphatic heterocycles. The second-order valence-corrected chi connectivity index (χ2v) is 5.96. The Balaban J connectivity index is 1.65. The summed E-state index contributed by atoms with van der Waals surface area (Å²) in [7, 11) is 0. The molecule has 6 heteroatoms.